The van der Waals surface area contributed by atoms with Crippen molar-refractivity contribution in [1.29, 1.82) is 0 Å². The Balaban J connectivity index is 1.95. The summed E-state index contributed by atoms with van der Waals surface area (Å²) in [6.45, 7) is 6.09. The molecule has 0 spiro atoms. The highest BCUT2D eigenvalue weighted by Crippen LogP contribution is 2.04. The van der Waals surface area contributed by atoms with Gasteiger partial charge < -0.3 is 9.72 Å². The van der Waals surface area contributed by atoms with Crippen LogP contribution in [0, 0.1) is 0 Å². The van der Waals surface area contributed by atoms with Gasteiger partial charge in [0.2, 0.25) is 0 Å². The minimum Gasteiger partial charge on any atom is -0.441 e. The Morgan fingerprint density at radius 1 is 1.36 bits per heavy atom. The van der Waals surface area contributed by atoms with E-state index in [4.69, 9.17) is 4.74 Å². The first-order chi connectivity index (χ1) is 10.7. The second-order valence-electron chi connectivity index (χ2n) is 5.03. The van der Waals surface area contributed by atoms with E-state index < -0.39 is 0 Å². The summed E-state index contributed by atoms with van der Waals surface area (Å²) in [6, 6.07) is 0. The van der Waals surface area contributed by atoms with Crippen molar-refractivity contribution in [3.8, 4) is 0 Å². The maximum Gasteiger partial charge on any atom is 0.321 e. The molecule has 0 aromatic carbocycles. The Morgan fingerprint density at radius 2 is 2.09 bits per heavy atom. The highest BCUT2D eigenvalue weighted by Gasteiger charge is 2.12. The molecule has 0 amide bonds. The topological polar surface area (TPSA) is 93.1 Å². The number of H-pyrrole nitrogens is 1. The maximum absolute atomic E-state index is 11.9. The molecule has 0 aliphatic rings. The summed E-state index contributed by atoms with van der Waals surface area (Å²) in [5.74, 6) is -0.310. The fourth-order valence-electron chi connectivity index (χ4n) is 2.26. The second kappa shape index (κ2) is 7.69. The van der Waals surface area contributed by atoms with Gasteiger partial charge in [0.1, 0.15) is 5.39 Å². The maximum atomic E-state index is 11.9. The zero-order valence-corrected chi connectivity index (χ0v) is 12.9. The number of carbonyl (C=O) groups excluding carboxylic acids is 1. The number of fused-ring (bicyclic) bond motifs is 1. The lowest BCUT2D eigenvalue weighted by Crippen LogP contribution is -2.32. The molecule has 2 aromatic rings. The van der Waals surface area contributed by atoms with Gasteiger partial charge in [-0.05, 0) is 25.9 Å². The summed E-state index contributed by atoms with van der Waals surface area (Å²) in [5.41, 5.74) is 0.134. The first-order valence-corrected chi connectivity index (χ1v) is 7.42. The molecule has 0 unspecified atom stereocenters. The summed E-state index contributed by atoms with van der Waals surface area (Å²) in [4.78, 5) is 32.0. The zero-order chi connectivity index (χ0) is 15.9. The lowest BCUT2D eigenvalue weighted by atomic mass is 10.3. The summed E-state index contributed by atoms with van der Waals surface area (Å²) >= 11 is 0. The van der Waals surface area contributed by atoms with Crippen molar-refractivity contribution in [1.82, 2.24) is 24.6 Å². The number of nitrogens with one attached hydrogen (secondary N) is 1. The molecule has 22 heavy (non-hydrogen) atoms. The van der Waals surface area contributed by atoms with E-state index in [9.17, 15) is 9.59 Å². The van der Waals surface area contributed by atoms with Crippen LogP contribution >= 0.6 is 0 Å². The van der Waals surface area contributed by atoms with E-state index in [1.807, 2.05) is 0 Å². The normalized spacial score (nSPS) is 11.2. The van der Waals surface area contributed by atoms with Crippen molar-refractivity contribution in [2.75, 3.05) is 19.6 Å². The van der Waals surface area contributed by atoms with Crippen LogP contribution in [0.3, 0.4) is 0 Å². The highest BCUT2D eigenvalue weighted by atomic mass is 16.5. The summed E-state index contributed by atoms with van der Waals surface area (Å²) < 4.78 is 6.62. The third-order valence-electron chi connectivity index (χ3n) is 3.22. The van der Waals surface area contributed by atoms with Crippen molar-refractivity contribution in [2.24, 2.45) is 0 Å². The largest absolute Gasteiger partial charge is 0.441 e. The van der Waals surface area contributed by atoms with Crippen LogP contribution in [0.15, 0.2) is 17.3 Å². The van der Waals surface area contributed by atoms with Crippen molar-refractivity contribution in [3.63, 3.8) is 0 Å². The number of aromatic nitrogens is 4. The van der Waals surface area contributed by atoms with Crippen LogP contribution in [0.4, 0.5) is 0 Å². The Morgan fingerprint density at radius 3 is 2.77 bits per heavy atom. The van der Waals surface area contributed by atoms with Crippen LogP contribution in [0.5, 0.6) is 0 Å². The third-order valence-corrected chi connectivity index (χ3v) is 3.22. The van der Waals surface area contributed by atoms with Gasteiger partial charge in [-0.15, -0.1) is 0 Å². The van der Waals surface area contributed by atoms with Gasteiger partial charge in [0, 0.05) is 0 Å². The van der Waals surface area contributed by atoms with Crippen LogP contribution in [-0.2, 0) is 16.3 Å². The molecular formula is C14H21N5O3. The van der Waals surface area contributed by atoms with E-state index in [1.54, 1.807) is 0 Å². The molecule has 1 N–H and O–H groups in total. The molecule has 0 radical (unpaired) electrons. The lowest BCUT2D eigenvalue weighted by molar-refractivity contribution is -0.149. The van der Waals surface area contributed by atoms with Crippen LogP contribution in [0.2, 0.25) is 0 Å². The average molecular weight is 307 g/mol. The molecule has 0 saturated heterocycles. The molecule has 120 valence electrons. The SMILES string of the molecule is CCCN(CCC)CC(=O)OCn1ncc2c(=O)[nH]cnc21. The number of esters is 1. The molecule has 2 heterocycles. The van der Waals surface area contributed by atoms with E-state index in [-0.39, 0.29) is 24.8 Å². The minimum atomic E-state index is -0.310. The lowest BCUT2D eigenvalue weighted by Gasteiger charge is -2.19. The molecule has 0 fully saturated rings. The summed E-state index contributed by atoms with van der Waals surface area (Å²) in [7, 11) is 0. The van der Waals surface area contributed by atoms with E-state index >= 15 is 0 Å². The molecular weight excluding hydrogens is 286 g/mol. The zero-order valence-electron chi connectivity index (χ0n) is 12.9. The monoisotopic (exact) mass is 307 g/mol. The molecule has 8 nitrogen and oxygen atoms in total. The number of hydrogen-bond acceptors (Lipinski definition) is 6. The first kappa shape index (κ1) is 16.2. The van der Waals surface area contributed by atoms with E-state index in [0.29, 0.717) is 11.0 Å². The standard InChI is InChI=1S/C14H21N5O3/c1-3-5-18(6-4-2)8-12(20)22-10-19-13-11(7-17-19)14(21)16-9-15-13/h7,9H,3-6,8,10H2,1-2H3,(H,15,16,21). The smallest absolute Gasteiger partial charge is 0.321 e. The number of nitrogens with zero attached hydrogens (tertiary/aromatic N) is 4. The van der Waals surface area contributed by atoms with Gasteiger partial charge in [0.15, 0.2) is 12.4 Å². The molecule has 0 aliphatic heterocycles. The summed E-state index contributed by atoms with van der Waals surface area (Å²) in [5, 5.41) is 4.40. The Hall–Kier alpha value is -2.22. The van der Waals surface area contributed by atoms with Crippen molar-refractivity contribution >= 4 is 17.0 Å². The number of carbonyl (C=O) groups is 1. The Kier molecular flexibility index (Phi) is 5.65. The van der Waals surface area contributed by atoms with Crippen molar-refractivity contribution in [2.45, 2.75) is 33.4 Å². The molecule has 8 heteroatoms. The molecule has 0 bridgehead atoms. The molecule has 2 aromatic heterocycles. The Labute approximate surface area is 128 Å². The van der Waals surface area contributed by atoms with E-state index in [0.717, 1.165) is 25.9 Å². The van der Waals surface area contributed by atoms with Crippen molar-refractivity contribution < 1.29 is 9.53 Å². The third kappa shape index (κ3) is 3.91. The second-order valence-corrected chi connectivity index (χ2v) is 5.03. The summed E-state index contributed by atoms with van der Waals surface area (Å²) in [6.07, 6.45) is 4.69. The van der Waals surface area contributed by atoms with Crippen LogP contribution in [0.1, 0.15) is 26.7 Å². The number of aromatic amines is 1. The van der Waals surface area contributed by atoms with Gasteiger partial charge >= 0.3 is 5.97 Å². The Bertz CT molecular complexity index is 672. The van der Waals surface area contributed by atoms with E-state index in [2.05, 4.69) is 33.8 Å². The highest BCUT2D eigenvalue weighted by molar-refractivity contribution is 5.73. The number of rotatable bonds is 8. The van der Waals surface area contributed by atoms with Gasteiger partial charge in [-0.2, -0.15) is 5.10 Å². The average Bonchev–Trinajstić information content (AvgIpc) is 2.90. The fraction of sp³-hybridized carbons (Fsp3) is 0.571. The van der Waals surface area contributed by atoms with Gasteiger partial charge in [-0.3, -0.25) is 14.5 Å². The van der Waals surface area contributed by atoms with E-state index in [1.165, 1.54) is 17.2 Å². The van der Waals surface area contributed by atoms with Gasteiger partial charge in [0.05, 0.1) is 19.1 Å². The quantitative estimate of drug-likeness (QED) is 0.723. The first-order valence-electron chi connectivity index (χ1n) is 7.42. The predicted molar refractivity (Wildman–Crippen MR) is 81.3 cm³/mol. The number of ether oxygens (including phenoxy) is 1. The fourth-order valence-corrected chi connectivity index (χ4v) is 2.26. The van der Waals surface area contributed by atoms with Gasteiger partial charge in [-0.25, -0.2) is 9.67 Å². The van der Waals surface area contributed by atoms with Gasteiger partial charge in [0.25, 0.3) is 5.56 Å². The molecule has 0 atom stereocenters. The van der Waals surface area contributed by atoms with Crippen molar-refractivity contribution in [3.05, 3.63) is 22.9 Å². The van der Waals surface area contributed by atoms with Crippen LogP contribution in [-0.4, -0.2) is 50.3 Å². The predicted octanol–water partition coefficient (Wildman–Crippen LogP) is 0.742. The van der Waals surface area contributed by atoms with Gasteiger partial charge in [-0.1, -0.05) is 13.8 Å². The molecule has 0 saturated carbocycles. The number of hydrogen-bond donors (Lipinski definition) is 1. The van der Waals surface area contributed by atoms with Crippen LogP contribution in [0.25, 0.3) is 11.0 Å². The molecule has 0 aliphatic carbocycles. The minimum absolute atomic E-state index is 0.0507. The van der Waals surface area contributed by atoms with Crippen LogP contribution < -0.4 is 5.56 Å². The molecule has 2 rings (SSSR count).